The molecule has 8 heteroatoms. The summed E-state index contributed by atoms with van der Waals surface area (Å²) < 4.78 is 40.4. The zero-order valence-electron chi connectivity index (χ0n) is 21.5. The summed E-state index contributed by atoms with van der Waals surface area (Å²) in [5, 5.41) is 0.734. The van der Waals surface area contributed by atoms with Gasteiger partial charge in [-0.05, 0) is 34.4 Å². The minimum atomic E-state index is -3.94. The highest BCUT2D eigenvalue weighted by molar-refractivity contribution is 7.84. The fourth-order valence-electron chi connectivity index (χ4n) is 5.09. The van der Waals surface area contributed by atoms with Crippen LogP contribution in [0.5, 0.6) is 0 Å². The molecule has 0 saturated heterocycles. The van der Waals surface area contributed by atoms with Crippen LogP contribution in [-0.4, -0.2) is 24.3 Å². The summed E-state index contributed by atoms with van der Waals surface area (Å²) in [4.78, 5) is 26.9. The van der Waals surface area contributed by atoms with Gasteiger partial charge in [0.1, 0.15) is 0 Å². The van der Waals surface area contributed by atoms with Crippen molar-refractivity contribution >= 4 is 36.4 Å². The van der Waals surface area contributed by atoms with Crippen molar-refractivity contribution < 1.29 is 27.8 Å². The highest BCUT2D eigenvalue weighted by Crippen LogP contribution is 2.58. The molecule has 2 aliphatic rings. The van der Waals surface area contributed by atoms with E-state index in [0.29, 0.717) is 32.9 Å². The number of hydrogen-bond acceptors (Lipinski definition) is 6. The maximum atomic E-state index is 14.2. The largest absolute Gasteiger partial charge is 0.319 e. The molecule has 2 unspecified atom stereocenters. The molecule has 4 aromatic rings. The second-order valence-corrected chi connectivity index (χ2v) is 15.0. The number of hydrogen-bond donors (Lipinski definition) is 0. The van der Waals surface area contributed by atoms with Crippen LogP contribution in [0.15, 0.2) is 97.1 Å². The molecule has 0 bridgehead atoms. The Bertz CT molecular complexity index is 1630. The normalized spacial score (nSPS) is 21.5. The summed E-state index contributed by atoms with van der Waals surface area (Å²) in [6, 6.07) is 28.3. The first-order valence-electron chi connectivity index (χ1n) is 12.6. The van der Waals surface area contributed by atoms with Crippen molar-refractivity contribution in [2.45, 2.75) is 13.8 Å². The van der Waals surface area contributed by atoms with Crippen LogP contribution in [0.4, 0.5) is 0 Å². The fourth-order valence-corrected chi connectivity index (χ4v) is 9.72. The Labute approximate surface area is 226 Å². The minimum Gasteiger partial charge on any atom is -0.319 e. The van der Waals surface area contributed by atoms with E-state index in [2.05, 4.69) is 0 Å². The molecule has 6 nitrogen and oxygen atoms in total. The Morgan fingerprint density at radius 1 is 0.513 bits per heavy atom. The predicted octanol–water partition coefficient (Wildman–Crippen LogP) is 6.89. The van der Waals surface area contributed by atoms with Crippen LogP contribution in [-0.2, 0) is 18.2 Å². The van der Waals surface area contributed by atoms with Crippen molar-refractivity contribution in [2.75, 3.05) is 13.2 Å². The first-order valence-corrected chi connectivity index (χ1v) is 15.9. The van der Waals surface area contributed by atoms with E-state index in [4.69, 9.17) is 9.05 Å². The Kier molecular flexibility index (Phi) is 6.21. The Balaban J connectivity index is 1.27. The molecule has 0 aliphatic carbocycles. The summed E-state index contributed by atoms with van der Waals surface area (Å²) in [5.41, 5.74) is 1.67. The van der Waals surface area contributed by atoms with Crippen LogP contribution in [0.25, 0.3) is 22.3 Å². The van der Waals surface area contributed by atoms with Gasteiger partial charge in [0.05, 0.1) is 23.8 Å². The molecular weight excluding hydrogens is 530 g/mol. The first kappa shape index (κ1) is 25.9. The quantitative estimate of drug-likeness (QED) is 0.240. The van der Waals surface area contributed by atoms with E-state index < -0.39 is 31.2 Å². The van der Waals surface area contributed by atoms with Gasteiger partial charge in [-0.15, -0.1) is 0 Å². The average Bonchev–Trinajstić information content (AvgIpc) is 2.97. The van der Waals surface area contributed by atoms with Gasteiger partial charge < -0.3 is 9.05 Å². The Hall–Kier alpha value is -3.40. The predicted molar refractivity (Wildman–Crippen MR) is 153 cm³/mol. The maximum Gasteiger partial charge on any atom is 0.301 e. The second-order valence-electron chi connectivity index (χ2n) is 10.5. The maximum absolute atomic E-state index is 14.2. The zero-order valence-corrected chi connectivity index (χ0v) is 23.3. The Morgan fingerprint density at radius 3 is 1.21 bits per heavy atom. The summed E-state index contributed by atoms with van der Waals surface area (Å²) in [6.07, 6.45) is 0. The number of rotatable bonds is 6. The number of carbonyl (C=O) groups is 2. The van der Waals surface area contributed by atoms with Crippen LogP contribution in [0.1, 0.15) is 34.6 Å². The van der Waals surface area contributed by atoms with E-state index in [-0.39, 0.29) is 13.2 Å². The van der Waals surface area contributed by atoms with Crippen LogP contribution in [0, 0.1) is 5.41 Å². The molecule has 0 amide bonds. The van der Waals surface area contributed by atoms with Crippen LogP contribution >= 0.6 is 14.7 Å². The van der Waals surface area contributed by atoms with Gasteiger partial charge in [0.25, 0.3) is 11.0 Å². The van der Waals surface area contributed by atoms with Crippen molar-refractivity contribution in [1.29, 1.82) is 0 Å². The van der Waals surface area contributed by atoms with Crippen molar-refractivity contribution in [3.63, 3.8) is 0 Å². The molecule has 2 atom stereocenters. The van der Waals surface area contributed by atoms with E-state index in [1.807, 2.05) is 48.5 Å². The molecular formula is C31H26O6P2. The fraction of sp³-hybridized carbons (Fsp3) is 0.161. The molecule has 0 aromatic heterocycles. The third kappa shape index (κ3) is 4.11. The van der Waals surface area contributed by atoms with Crippen molar-refractivity contribution in [3.05, 3.63) is 108 Å². The van der Waals surface area contributed by atoms with Gasteiger partial charge in [-0.25, -0.2) is 0 Å². The topological polar surface area (TPSA) is 86.7 Å². The third-order valence-electron chi connectivity index (χ3n) is 7.15. The summed E-state index contributed by atoms with van der Waals surface area (Å²) >= 11 is 0. The molecule has 0 saturated carbocycles. The van der Waals surface area contributed by atoms with Crippen molar-refractivity contribution in [3.8, 4) is 22.3 Å². The molecule has 0 fully saturated rings. The van der Waals surface area contributed by atoms with Gasteiger partial charge in [0.2, 0.25) is 0 Å². The molecule has 4 aromatic carbocycles. The second kappa shape index (κ2) is 9.36. The number of carbonyl (C=O) groups excluding carboxylic acids is 2. The molecule has 6 rings (SSSR count). The van der Waals surface area contributed by atoms with Gasteiger partial charge in [0, 0.05) is 16.5 Å². The average molecular weight is 556 g/mol. The SMILES string of the molecule is CC(C)(COP1(=O)C(=O)c2ccccc2-c2ccccc21)COP1(=O)C(=O)c2ccccc2-c2ccccc21. The summed E-state index contributed by atoms with van der Waals surface area (Å²) in [5.74, 6) is 0. The molecule has 0 N–H and O–H groups in total. The summed E-state index contributed by atoms with van der Waals surface area (Å²) in [6.45, 7) is 3.37. The van der Waals surface area contributed by atoms with Gasteiger partial charge >= 0.3 is 14.7 Å². The molecule has 196 valence electrons. The molecule has 39 heavy (non-hydrogen) atoms. The van der Waals surface area contributed by atoms with Crippen LogP contribution in [0.3, 0.4) is 0 Å². The van der Waals surface area contributed by atoms with E-state index >= 15 is 0 Å². The van der Waals surface area contributed by atoms with Crippen molar-refractivity contribution in [2.24, 2.45) is 5.41 Å². The minimum absolute atomic E-state index is 0.112. The monoisotopic (exact) mass is 556 g/mol. The van der Waals surface area contributed by atoms with E-state index in [1.54, 1.807) is 62.4 Å². The van der Waals surface area contributed by atoms with Crippen LogP contribution < -0.4 is 10.6 Å². The lowest BCUT2D eigenvalue weighted by atomic mass is 9.97. The number of fused-ring (bicyclic) bond motifs is 6. The zero-order chi connectivity index (χ0) is 27.4. The van der Waals surface area contributed by atoms with Gasteiger partial charge in [-0.3, -0.25) is 18.7 Å². The van der Waals surface area contributed by atoms with Crippen LogP contribution in [0.2, 0.25) is 0 Å². The lowest BCUT2D eigenvalue weighted by Crippen LogP contribution is -2.31. The number of benzene rings is 4. The third-order valence-corrected chi connectivity index (χ3v) is 11.7. The molecule has 2 aliphatic heterocycles. The standard InChI is InChI=1S/C31H26O6P2/c1-31(2,19-36-38(34)27-17-9-7-13-23(27)21-11-3-5-15-25(21)29(38)32)20-37-39(35)28-18-10-8-14-24(28)22-12-4-6-16-26(22)30(39)33/h3-18H,19-20H2,1-2H3. The van der Waals surface area contributed by atoms with Gasteiger partial charge in [-0.1, -0.05) is 98.8 Å². The Morgan fingerprint density at radius 2 is 0.821 bits per heavy atom. The van der Waals surface area contributed by atoms with Gasteiger partial charge in [-0.2, -0.15) is 0 Å². The van der Waals surface area contributed by atoms with Gasteiger partial charge in [0.15, 0.2) is 0 Å². The lowest BCUT2D eigenvalue weighted by molar-refractivity contribution is 0.0946. The summed E-state index contributed by atoms with van der Waals surface area (Å²) in [7, 11) is -7.87. The van der Waals surface area contributed by atoms with E-state index in [0.717, 1.165) is 11.1 Å². The highest BCUT2D eigenvalue weighted by atomic mass is 31.2. The molecule has 0 radical (unpaired) electrons. The van der Waals surface area contributed by atoms with E-state index in [1.165, 1.54) is 0 Å². The molecule has 0 spiro atoms. The van der Waals surface area contributed by atoms with Crippen molar-refractivity contribution in [1.82, 2.24) is 0 Å². The first-order chi connectivity index (χ1) is 18.7. The smallest absolute Gasteiger partial charge is 0.301 e. The lowest BCUT2D eigenvalue weighted by Gasteiger charge is -2.32. The highest BCUT2D eigenvalue weighted by Gasteiger charge is 2.46. The molecule has 2 heterocycles. The van der Waals surface area contributed by atoms with E-state index in [9.17, 15) is 18.7 Å².